The molecule has 0 saturated heterocycles. The average Bonchev–Trinajstić information content (AvgIpc) is 2.29. The summed E-state index contributed by atoms with van der Waals surface area (Å²) in [5, 5.41) is 0.583. The molecule has 0 aliphatic heterocycles. The number of esters is 1. The maximum Gasteiger partial charge on any atom is 0.466 e. The molecule has 0 aliphatic carbocycles. The first-order valence-corrected chi connectivity index (χ1v) is 7.41. The Morgan fingerprint density at radius 2 is 1.70 bits per heavy atom. The minimum absolute atomic E-state index is 0.161. The van der Waals surface area contributed by atoms with Crippen molar-refractivity contribution in [2.24, 2.45) is 0 Å². The lowest BCUT2D eigenvalue weighted by Gasteiger charge is -2.10. The molecule has 0 aromatic heterocycles. The molecular formula is C10H13Cl2O7P. The van der Waals surface area contributed by atoms with Gasteiger partial charge in [-0.1, -0.05) is 23.2 Å². The van der Waals surface area contributed by atoms with Crippen molar-refractivity contribution in [1.82, 2.24) is 0 Å². The summed E-state index contributed by atoms with van der Waals surface area (Å²) < 4.78 is 18.7. The molecule has 114 valence electrons. The van der Waals surface area contributed by atoms with Gasteiger partial charge in [0.15, 0.2) is 5.75 Å². The number of phosphoric acid groups is 1. The SMILES string of the molecule is CCOC(=O)c1c(Cl)ccc(Cl)c1OC.O=P(O)(O)O. The normalized spacial score (nSPS) is 10.3. The van der Waals surface area contributed by atoms with Crippen LogP contribution in [0.1, 0.15) is 17.3 Å². The molecule has 3 N–H and O–H groups in total. The van der Waals surface area contributed by atoms with Crippen LogP contribution in [0, 0.1) is 0 Å². The molecule has 7 nitrogen and oxygen atoms in total. The van der Waals surface area contributed by atoms with Crippen LogP contribution in [-0.4, -0.2) is 34.4 Å². The third-order valence-corrected chi connectivity index (χ3v) is 2.36. The van der Waals surface area contributed by atoms with E-state index in [-0.39, 0.29) is 22.9 Å². The molecule has 0 saturated carbocycles. The third-order valence-electron chi connectivity index (χ3n) is 1.74. The lowest BCUT2D eigenvalue weighted by Crippen LogP contribution is -2.07. The molecule has 0 heterocycles. The van der Waals surface area contributed by atoms with Crippen LogP contribution in [0.25, 0.3) is 0 Å². The van der Waals surface area contributed by atoms with Gasteiger partial charge in [0, 0.05) is 0 Å². The van der Waals surface area contributed by atoms with E-state index in [1.165, 1.54) is 13.2 Å². The van der Waals surface area contributed by atoms with Gasteiger partial charge in [-0.25, -0.2) is 9.36 Å². The van der Waals surface area contributed by atoms with Crippen molar-refractivity contribution in [3.8, 4) is 5.75 Å². The van der Waals surface area contributed by atoms with Crippen molar-refractivity contribution in [2.45, 2.75) is 6.92 Å². The van der Waals surface area contributed by atoms with Crippen LogP contribution < -0.4 is 4.74 Å². The van der Waals surface area contributed by atoms with E-state index in [0.29, 0.717) is 5.02 Å². The van der Waals surface area contributed by atoms with Gasteiger partial charge in [0.2, 0.25) is 0 Å². The predicted molar refractivity (Wildman–Crippen MR) is 73.2 cm³/mol. The zero-order valence-electron chi connectivity index (χ0n) is 10.5. The third kappa shape index (κ3) is 7.09. The Bertz CT molecular complexity index is 506. The quantitative estimate of drug-likeness (QED) is 0.568. The summed E-state index contributed by atoms with van der Waals surface area (Å²) in [6.45, 7) is 1.98. The van der Waals surface area contributed by atoms with Gasteiger partial charge >= 0.3 is 13.8 Å². The van der Waals surface area contributed by atoms with Crippen molar-refractivity contribution in [3.05, 3.63) is 27.7 Å². The minimum atomic E-state index is -4.64. The van der Waals surface area contributed by atoms with Gasteiger partial charge in [0.25, 0.3) is 0 Å². The first kappa shape index (κ1) is 19.2. The first-order valence-electron chi connectivity index (χ1n) is 5.09. The Morgan fingerprint density at radius 1 is 1.25 bits per heavy atom. The largest absolute Gasteiger partial charge is 0.494 e. The van der Waals surface area contributed by atoms with Crippen LogP contribution in [0.3, 0.4) is 0 Å². The monoisotopic (exact) mass is 346 g/mol. The van der Waals surface area contributed by atoms with Crippen molar-refractivity contribution in [3.63, 3.8) is 0 Å². The maximum absolute atomic E-state index is 11.6. The molecule has 10 heteroatoms. The zero-order valence-corrected chi connectivity index (χ0v) is 12.9. The van der Waals surface area contributed by atoms with Crippen molar-refractivity contribution >= 4 is 37.0 Å². The molecule has 0 spiro atoms. The molecule has 0 aliphatic rings. The number of carbonyl (C=O) groups excluding carboxylic acids is 1. The second-order valence-corrected chi connectivity index (χ2v) is 5.01. The van der Waals surface area contributed by atoms with E-state index < -0.39 is 13.8 Å². The Balaban J connectivity index is 0.000000621. The van der Waals surface area contributed by atoms with Gasteiger partial charge in [-0.2, -0.15) is 0 Å². The van der Waals surface area contributed by atoms with E-state index >= 15 is 0 Å². The number of benzene rings is 1. The fourth-order valence-corrected chi connectivity index (χ4v) is 1.59. The highest BCUT2D eigenvalue weighted by Gasteiger charge is 2.20. The summed E-state index contributed by atoms with van der Waals surface area (Å²) in [6.07, 6.45) is 0. The van der Waals surface area contributed by atoms with Crippen LogP contribution >= 0.6 is 31.0 Å². The van der Waals surface area contributed by atoms with E-state index in [0.717, 1.165) is 0 Å². The molecule has 1 aromatic rings. The van der Waals surface area contributed by atoms with Crippen LogP contribution in [-0.2, 0) is 9.30 Å². The van der Waals surface area contributed by atoms with Gasteiger partial charge in [0.05, 0.1) is 23.8 Å². The van der Waals surface area contributed by atoms with E-state index in [2.05, 4.69) is 0 Å². The number of carbonyl (C=O) groups is 1. The van der Waals surface area contributed by atoms with Crippen molar-refractivity contribution < 1.29 is 33.5 Å². The van der Waals surface area contributed by atoms with Crippen LogP contribution in [0.4, 0.5) is 0 Å². The highest BCUT2D eigenvalue weighted by molar-refractivity contribution is 7.45. The average molecular weight is 347 g/mol. The lowest BCUT2D eigenvalue weighted by atomic mass is 10.2. The fraction of sp³-hybridized carbons (Fsp3) is 0.300. The second kappa shape index (κ2) is 8.46. The fourth-order valence-electron chi connectivity index (χ4n) is 1.13. The van der Waals surface area contributed by atoms with E-state index in [1.54, 1.807) is 13.0 Å². The summed E-state index contributed by atoms with van der Waals surface area (Å²) in [7, 11) is -3.22. The minimum Gasteiger partial charge on any atom is -0.494 e. The summed E-state index contributed by atoms with van der Waals surface area (Å²) in [6, 6.07) is 3.09. The molecule has 0 bridgehead atoms. The van der Waals surface area contributed by atoms with Crippen LogP contribution in [0.5, 0.6) is 5.75 Å². The maximum atomic E-state index is 11.6. The molecule has 0 radical (unpaired) electrons. The Kier molecular flexibility index (Phi) is 8.12. The molecule has 1 aromatic carbocycles. The molecule has 0 atom stereocenters. The van der Waals surface area contributed by atoms with Gasteiger partial charge in [-0.15, -0.1) is 0 Å². The molecular weight excluding hydrogens is 334 g/mol. The second-order valence-electron chi connectivity index (χ2n) is 3.17. The number of hydrogen-bond acceptors (Lipinski definition) is 4. The van der Waals surface area contributed by atoms with E-state index in [4.69, 9.17) is 51.9 Å². The first-order chi connectivity index (χ1) is 9.11. The van der Waals surface area contributed by atoms with Crippen molar-refractivity contribution in [2.75, 3.05) is 13.7 Å². The van der Waals surface area contributed by atoms with Gasteiger partial charge in [0.1, 0.15) is 5.56 Å². The summed E-state index contributed by atoms with van der Waals surface area (Å²) in [5.41, 5.74) is 0.161. The summed E-state index contributed by atoms with van der Waals surface area (Å²) in [4.78, 5) is 33.1. The highest BCUT2D eigenvalue weighted by atomic mass is 35.5. The van der Waals surface area contributed by atoms with Gasteiger partial charge < -0.3 is 24.2 Å². The van der Waals surface area contributed by atoms with E-state index in [9.17, 15) is 4.79 Å². The van der Waals surface area contributed by atoms with Crippen molar-refractivity contribution in [1.29, 1.82) is 0 Å². The molecule has 0 unspecified atom stereocenters. The Morgan fingerprint density at radius 3 is 2.10 bits per heavy atom. The summed E-state index contributed by atoms with van der Waals surface area (Å²) in [5.74, 6) is -0.301. The standard InChI is InChI=1S/C10H10Cl2O3.H3O4P/c1-3-15-10(13)8-6(11)4-5-7(12)9(8)14-2;1-5(2,3)4/h4-5H,3H2,1-2H3;(H3,1,2,3,4). The Hall–Kier alpha value is -0.820. The molecule has 20 heavy (non-hydrogen) atoms. The zero-order chi connectivity index (χ0) is 15.9. The summed E-state index contributed by atoms with van der Waals surface area (Å²) >= 11 is 11.7. The molecule has 0 amide bonds. The predicted octanol–water partition coefficient (Wildman–Crippen LogP) is 2.25. The number of rotatable bonds is 3. The highest BCUT2D eigenvalue weighted by Crippen LogP contribution is 2.34. The lowest BCUT2D eigenvalue weighted by molar-refractivity contribution is 0.0523. The smallest absolute Gasteiger partial charge is 0.466 e. The topological polar surface area (TPSA) is 113 Å². The van der Waals surface area contributed by atoms with Crippen LogP contribution in [0.15, 0.2) is 12.1 Å². The molecule has 0 fully saturated rings. The van der Waals surface area contributed by atoms with Gasteiger partial charge in [-0.05, 0) is 19.1 Å². The van der Waals surface area contributed by atoms with Gasteiger partial charge in [-0.3, -0.25) is 0 Å². The molecule has 1 rings (SSSR count). The van der Waals surface area contributed by atoms with Crippen LogP contribution in [0.2, 0.25) is 10.0 Å². The number of hydrogen-bond donors (Lipinski definition) is 3. The van der Waals surface area contributed by atoms with E-state index in [1.807, 2.05) is 0 Å². The number of methoxy groups -OCH3 is 1. The number of ether oxygens (including phenoxy) is 2. The Labute approximate surface area is 125 Å². The number of halogens is 2.